The molecule has 2 heterocycles. The average Bonchev–Trinajstić information content (AvgIpc) is 3.06. The number of rotatable bonds is 2. The summed E-state index contributed by atoms with van der Waals surface area (Å²) in [6.07, 6.45) is 0. The number of hydrogen-bond acceptors (Lipinski definition) is 4. The second kappa shape index (κ2) is 5.94. The second-order valence-electron chi connectivity index (χ2n) is 6.44. The van der Waals surface area contributed by atoms with Crippen LogP contribution in [0.5, 0.6) is 0 Å². The van der Waals surface area contributed by atoms with Gasteiger partial charge in [0.15, 0.2) is 5.92 Å². The Labute approximate surface area is 153 Å². The maximum atomic E-state index is 12.6. The van der Waals surface area contributed by atoms with Crippen LogP contribution in [0.25, 0.3) is 22.0 Å². The van der Waals surface area contributed by atoms with E-state index < -0.39 is 29.5 Å². The molecule has 27 heavy (non-hydrogen) atoms. The summed E-state index contributed by atoms with van der Waals surface area (Å²) >= 11 is 0. The molecule has 8 heteroatoms. The van der Waals surface area contributed by atoms with Gasteiger partial charge in [0.05, 0.1) is 11.4 Å². The molecule has 0 saturated carbocycles. The number of likely N-dealkylation sites (N-methyl/N-ethyl adjacent to an activating group) is 2. The molecule has 136 valence electrons. The van der Waals surface area contributed by atoms with Crippen molar-refractivity contribution in [2.75, 3.05) is 14.1 Å². The van der Waals surface area contributed by atoms with Crippen LogP contribution in [-0.2, 0) is 9.59 Å². The number of aromatic nitrogens is 2. The van der Waals surface area contributed by atoms with Gasteiger partial charge in [0, 0.05) is 19.7 Å². The quantitative estimate of drug-likeness (QED) is 0.675. The van der Waals surface area contributed by atoms with Gasteiger partial charge in [-0.15, -0.1) is 0 Å². The molecule has 2 aromatic carbocycles. The Bertz CT molecular complexity index is 1140. The first-order chi connectivity index (χ1) is 12.9. The van der Waals surface area contributed by atoms with Crippen molar-refractivity contribution >= 4 is 28.6 Å². The fraction of sp³-hybridized carbons (Fsp3) is 0.158. The fourth-order valence-electron chi connectivity index (χ4n) is 3.34. The lowest BCUT2D eigenvalue weighted by Crippen LogP contribution is -2.55. The van der Waals surface area contributed by atoms with E-state index in [1.165, 1.54) is 14.1 Å². The Morgan fingerprint density at radius 2 is 1.44 bits per heavy atom. The van der Waals surface area contributed by atoms with Crippen molar-refractivity contribution in [3.8, 4) is 11.3 Å². The van der Waals surface area contributed by atoms with Crippen molar-refractivity contribution in [1.29, 1.82) is 0 Å². The molecule has 0 atom stereocenters. The predicted molar refractivity (Wildman–Crippen MR) is 98.0 cm³/mol. The summed E-state index contributed by atoms with van der Waals surface area (Å²) in [5.74, 6) is -2.65. The summed E-state index contributed by atoms with van der Waals surface area (Å²) in [7, 11) is 2.61. The van der Waals surface area contributed by atoms with Gasteiger partial charge in [0.2, 0.25) is 11.8 Å². The number of urea groups is 1. The first kappa shape index (κ1) is 16.8. The molecule has 0 radical (unpaired) electrons. The second-order valence-corrected chi connectivity index (χ2v) is 6.44. The van der Waals surface area contributed by atoms with E-state index in [9.17, 15) is 19.2 Å². The van der Waals surface area contributed by atoms with Gasteiger partial charge in [-0.3, -0.25) is 19.4 Å². The third-order valence-electron chi connectivity index (χ3n) is 4.81. The summed E-state index contributed by atoms with van der Waals surface area (Å²) in [5.41, 5.74) is 0.630. The van der Waals surface area contributed by atoms with Gasteiger partial charge in [-0.1, -0.05) is 36.4 Å². The van der Waals surface area contributed by atoms with Gasteiger partial charge in [0.1, 0.15) is 0 Å². The Morgan fingerprint density at radius 1 is 0.815 bits per heavy atom. The number of carbonyl (C=O) groups excluding carboxylic acids is 3. The molecule has 8 nitrogen and oxygen atoms in total. The number of imidazole rings is 1. The van der Waals surface area contributed by atoms with Crippen LogP contribution in [0, 0.1) is 0 Å². The average molecular weight is 364 g/mol. The molecular formula is C19H16N4O4. The molecule has 4 amide bonds. The molecule has 1 fully saturated rings. The number of nitrogens with zero attached hydrogens (tertiary/aromatic N) is 2. The van der Waals surface area contributed by atoms with Crippen molar-refractivity contribution in [2.24, 2.45) is 0 Å². The number of benzene rings is 2. The highest BCUT2D eigenvalue weighted by Crippen LogP contribution is 2.31. The zero-order valence-corrected chi connectivity index (χ0v) is 14.6. The monoisotopic (exact) mass is 364 g/mol. The highest BCUT2D eigenvalue weighted by molar-refractivity contribution is 6.19. The minimum atomic E-state index is -1.29. The number of H-pyrrole nitrogens is 2. The lowest BCUT2D eigenvalue weighted by Gasteiger charge is -2.32. The van der Waals surface area contributed by atoms with E-state index >= 15 is 0 Å². The number of barbiturate groups is 1. The summed E-state index contributed by atoms with van der Waals surface area (Å²) in [4.78, 5) is 56.2. The maximum Gasteiger partial charge on any atom is 0.332 e. The van der Waals surface area contributed by atoms with Gasteiger partial charge >= 0.3 is 11.7 Å². The summed E-state index contributed by atoms with van der Waals surface area (Å²) in [5, 5.41) is 1.98. The van der Waals surface area contributed by atoms with Crippen molar-refractivity contribution < 1.29 is 14.4 Å². The van der Waals surface area contributed by atoms with Crippen LogP contribution in [-0.4, -0.2) is 51.7 Å². The Balaban J connectivity index is 1.88. The first-order valence-electron chi connectivity index (χ1n) is 8.29. The normalized spacial score (nSPS) is 15.9. The van der Waals surface area contributed by atoms with E-state index in [0.29, 0.717) is 11.3 Å². The molecule has 4 rings (SSSR count). The van der Waals surface area contributed by atoms with Gasteiger partial charge in [-0.05, 0) is 16.8 Å². The minimum Gasteiger partial charge on any atom is -0.308 e. The van der Waals surface area contributed by atoms with Crippen LogP contribution in [0.2, 0.25) is 0 Å². The lowest BCUT2D eigenvalue weighted by atomic mass is 9.95. The van der Waals surface area contributed by atoms with Crippen molar-refractivity contribution in [2.45, 2.75) is 5.92 Å². The van der Waals surface area contributed by atoms with Gasteiger partial charge in [0.25, 0.3) is 0 Å². The smallest absolute Gasteiger partial charge is 0.308 e. The Kier molecular flexibility index (Phi) is 3.69. The first-order valence-corrected chi connectivity index (χ1v) is 8.29. The molecular weight excluding hydrogens is 348 g/mol. The molecule has 0 bridgehead atoms. The number of carbonyl (C=O) groups is 3. The van der Waals surface area contributed by atoms with Crippen molar-refractivity contribution in [3.05, 3.63) is 58.6 Å². The fourth-order valence-corrected chi connectivity index (χ4v) is 3.34. The number of aromatic amines is 2. The summed E-state index contributed by atoms with van der Waals surface area (Å²) < 4.78 is 0. The maximum absolute atomic E-state index is 12.6. The molecule has 3 aromatic rings. The van der Waals surface area contributed by atoms with Crippen LogP contribution in [0.3, 0.4) is 0 Å². The van der Waals surface area contributed by atoms with Crippen LogP contribution in [0.15, 0.2) is 47.3 Å². The third kappa shape index (κ3) is 2.53. The van der Waals surface area contributed by atoms with Crippen molar-refractivity contribution in [3.63, 3.8) is 0 Å². The molecule has 1 aliphatic rings. The highest BCUT2D eigenvalue weighted by atomic mass is 16.2. The highest BCUT2D eigenvalue weighted by Gasteiger charge is 2.45. The van der Waals surface area contributed by atoms with E-state index in [4.69, 9.17) is 0 Å². The zero-order valence-electron chi connectivity index (χ0n) is 14.6. The Morgan fingerprint density at radius 3 is 2.11 bits per heavy atom. The molecule has 0 aliphatic carbocycles. The van der Waals surface area contributed by atoms with E-state index in [0.717, 1.165) is 20.6 Å². The van der Waals surface area contributed by atoms with E-state index in [1.54, 1.807) is 6.07 Å². The van der Waals surface area contributed by atoms with E-state index in [-0.39, 0.29) is 5.69 Å². The number of imide groups is 2. The van der Waals surface area contributed by atoms with Crippen LogP contribution >= 0.6 is 0 Å². The molecule has 1 saturated heterocycles. The number of fused-ring (bicyclic) bond motifs is 1. The van der Waals surface area contributed by atoms with Crippen molar-refractivity contribution in [1.82, 2.24) is 19.8 Å². The predicted octanol–water partition coefficient (Wildman–Crippen LogP) is 1.66. The standard InChI is InChI=1S/C19H16N4O4/c1-22-16(24)13(17(25)23(2)19(22)27)15-14(20-18(26)21-15)12-8-7-10-5-3-4-6-11(10)9-12/h3-9,13H,1-2H3,(H2,20,21,26). The van der Waals surface area contributed by atoms with E-state index in [2.05, 4.69) is 9.97 Å². The lowest BCUT2D eigenvalue weighted by molar-refractivity contribution is -0.143. The SMILES string of the molecule is CN1C(=O)C(c2[nH]c(=O)[nH]c2-c2ccc3ccccc3c2)C(=O)N(C)C1=O. The van der Waals surface area contributed by atoms with E-state index in [1.807, 2.05) is 36.4 Å². The molecule has 1 aromatic heterocycles. The minimum absolute atomic E-state index is 0.150. The number of nitrogens with one attached hydrogen (secondary N) is 2. The van der Waals surface area contributed by atoms with Crippen LogP contribution in [0.1, 0.15) is 11.6 Å². The summed E-state index contributed by atoms with van der Waals surface area (Å²) in [6, 6.07) is 12.6. The number of amides is 4. The Hall–Kier alpha value is -3.68. The summed E-state index contributed by atoms with van der Waals surface area (Å²) in [6.45, 7) is 0. The number of hydrogen-bond donors (Lipinski definition) is 2. The largest absolute Gasteiger partial charge is 0.332 e. The molecule has 1 aliphatic heterocycles. The topological polar surface area (TPSA) is 106 Å². The third-order valence-corrected chi connectivity index (χ3v) is 4.81. The van der Waals surface area contributed by atoms with Gasteiger partial charge in [-0.25, -0.2) is 9.59 Å². The van der Waals surface area contributed by atoms with Crippen LogP contribution < -0.4 is 5.69 Å². The molecule has 0 spiro atoms. The van der Waals surface area contributed by atoms with Crippen LogP contribution in [0.4, 0.5) is 4.79 Å². The zero-order chi connectivity index (χ0) is 19.3. The van der Waals surface area contributed by atoms with Gasteiger partial charge in [-0.2, -0.15) is 0 Å². The molecule has 2 N–H and O–H groups in total. The van der Waals surface area contributed by atoms with Gasteiger partial charge < -0.3 is 9.97 Å². The molecule has 0 unspecified atom stereocenters.